The largest absolute Gasteiger partial charge is 0.463 e. The van der Waals surface area contributed by atoms with Gasteiger partial charge in [0.15, 0.2) is 0 Å². The van der Waals surface area contributed by atoms with Gasteiger partial charge >= 0.3 is 5.97 Å². The van der Waals surface area contributed by atoms with E-state index in [2.05, 4.69) is 10.2 Å². The molecule has 18 heavy (non-hydrogen) atoms. The van der Waals surface area contributed by atoms with E-state index in [1.54, 1.807) is 20.8 Å². The maximum atomic E-state index is 12.0. The third kappa shape index (κ3) is 2.20. The van der Waals surface area contributed by atoms with E-state index < -0.39 is 17.5 Å². The van der Waals surface area contributed by atoms with Gasteiger partial charge in [0.2, 0.25) is 0 Å². The zero-order chi connectivity index (χ0) is 13.5. The number of aliphatic hydroxyl groups is 1. The molecule has 1 aromatic rings. The molecule has 100 valence electrons. The van der Waals surface area contributed by atoms with Crippen molar-refractivity contribution in [2.24, 2.45) is 5.92 Å². The summed E-state index contributed by atoms with van der Waals surface area (Å²) in [5.74, 6) is -1.16. The Kier molecular flexibility index (Phi) is 3.06. The number of hydrogen-bond acceptors (Lipinski definition) is 4. The molecule has 0 bridgehead atoms. The average Bonchev–Trinajstić information content (AvgIpc) is 2.55. The summed E-state index contributed by atoms with van der Waals surface area (Å²) >= 11 is 0. The number of fused-ring (bicyclic) bond motifs is 1. The highest BCUT2D eigenvalue weighted by atomic mass is 16.5. The Morgan fingerprint density at radius 1 is 1.50 bits per heavy atom. The minimum Gasteiger partial charge on any atom is -0.463 e. The number of esters is 1. The fourth-order valence-corrected chi connectivity index (χ4v) is 2.34. The fourth-order valence-electron chi connectivity index (χ4n) is 2.34. The van der Waals surface area contributed by atoms with Crippen molar-refractivity contribution in [1.29, 1.82) is 0 Å². The second-order valence-corrected chi connectivity index (χ2v) is 5.31. The molecule has 0 fully saturated rings. The zero-order valence-corrected chi connectivity index (χ0v) is 10.7. The van der Waals surface area contributed by atoms with Gasteiger partial charge in [0, 0.05) is 17.7 Å². The second-order valence-electron chi connectivity index (χ2n) is 5.31. The number of ether oxygens (including phenoxy) is 1. The lowest BCUT2D eigenvalue weighted by Gasteiger charge is -2.34. The summed E-state index contributed by atoms with van der Waals surface area (Å²) in [6, 6.07) is 0. The number of hydrogen-bond donors (Lipinski definition) is 3. The zero-order valence-electron chi connectivity index (χ0n) is 10.7. The Hall–Kier alpha value is -1.56. The van der Waals surface area contributed by atoms with Crippen LogP contribution in [-0.4, -0.2) is 33.0 Å². The molecule has 0 aromatic carbocycles. The number of rotatable bonds is 2. The highest BCUT2D eigenvalue weighted by Gasteiger charge is 2.44. The Balaban J connectivity index is 2.29. The lowest BCUT2D eigenvalue weighted by Crippen LogP contribution is -2.47. The molecule has 6 heteroatoms. The lowest BCUT2D eigenvalue weighted by atomic mass is 9.76. The van der Waals surface area contributed by atoms with Gasteiger partial charge in [0.05, 0.1) is 17.6 Å². The first-order chi connectivity index (χ1) is 8.31. The monoisotopic (exact) mass is 254 g/mol. The molecule has 1 aliphatic rings. The first kappa shape index (κ1) is 12.9. The Morgan fingerprint density at radius 3 is 2.78 bits per heavy atom. The van der Waals surface area contributed by atoms with Gasteiger partial charge in [-0.2, -0.15) is 0 Å². The summed E-state index contributed by atoms with van der Waals surface area (Å²) in [6.07, 6.45) is 0.199. The van der Waals surface area contributed by atoms with Crippen LogP contribution in [0, 0.1) is 5.92 Å². The van der Waals surface area contributed by atoms with E-state index in [1.807, 2.05) is 0 Å². The molecular formula is C12H18N2O4. The molecule has 0 amide bonds. The van der Waals surface area contributed by atoms with Crippen molar-refractivity contribution in [1.82, 2.24) is 10.2 Å². The summed E-state index contributed by atoms with van der Waals surface area (Å²) in [5, 5.41) is 15.5. The molecule has 0 spiro atoms. The SMILES string of the molecule is CC(C)OC(=O)C1Cc2c([nH][nH]c2=O)CC1(C)O. The van der Waals surface area contributed by atoms with Crippen LogP contribution in [0.5, 0.6) is 0 Å². The minimum absolute atomic E-state index is 0.201. The van der Waals surface area contributed by atoms with Crippen LogP contribution >= 0.6 is 0 Å². The van der Waals surface area contributed by atoms with Gasteiger partial charge in [-0.25, -0.2) is 0 Å². The van der Waals surface area contributed by atoms with Crippen LogP contribution in [0.3, 0.4) is 0 Å². The van der Waals surface area contributed by atoms with Crippen molar-refractivity contribution in [3.05, 3.63) is 21.6 Å². The van der Waals surface area contributed by atoms with Crippen molar-refractivity contribution in [2.75, 3.05) is 0 Å². The van der Waals surface area contributed by atoms with E-state index in [1.165, 1.54) is 0 Å². The number of nitrogens with one attached hydrogen (secondary N) is 2. The first-order valence-electron chi connectivity index (χ1n) is 6.02. The third-order valence-corrected chi connectivity index (χ3v) is 3.30. The van der Waals surface area contributed by atoms with Crippen molar-refractivity contribution in [2.45, 2.75) is 45.3 Å². The van der Waals surface area contributed by atoms with E-state index in [9.17, 15) is 14.7 Å². The second kappa shape index (κ2) is 4.28. The fraction of sp³-hybridized carbons (Fsp3) is 0.667. The topological polar surface area (TPSA) is 95.2 Å². The Labute approximate surface area is 104 Å². The van der Waals surface area contributed by atoms with Crippen molar-refractivity contribution < 1.29 is 14.6 Å². The van der Waals surface area contributed by atoms with Gasteiger partial charge < -0.3 is 14.9 Å². The molecule has 3 N–H and O–H groups in total. The van der Waals surface area contributed by atoms with E-state index in [0.717, 1.165) is 0 Å². The normalized spacial score (nSPS) is 27.1. The summed E-state index contributed by atoms with van der Waals surface area (Å²) in [4.78, 5) is 23.5. The molecule has 0 saturated heterocycles. The number of H-pyrrole nitrogens is 2. The predicted molar refractivity (Wildman–Crippen MR) is 64.2 cm³/mol. The van der Waals surface area contributed by atoms with Crippen LogP contribution < -0.4 is 5.56 Å². The summed E-state index contributed by atoms with van der Waals surface area (Å²) < 4.78 is 5.14. The Bertz CT molecular complexity index is 512. The van der Waals surface area contributed by atoms with Gasteiger partial charge in [-0.1, -0.05) is 0 Å². The van der Waals surface area contributed by atoms with E-state index >= 15 is 0 Å². The quantitative estimate of drug-likeness (QED) is 0.653. The van der Waals surface area contributed by atoms with Gasteiger partial charge in [-0.15, -0.1) is 0 Å². The molecule has 1 aromatic heterocycles. The van der Waals surface area contributed by atoms with Crippen LogP contribution in [0.1, 0.15) is 32.0 Å². The van der Waals surface area contributed by atoms with Crippen LogP contribution in [0.15, 0.2) is 4.79 Å². The van der Waals surface area contributed by atoms with Gasteiger partial charge in [0.25, 0.3) is 5.56 Å². The van der Waals surface area contributed by atoms with Crippen LogP contribution in [0.4, 0.5) is 0 Å². The summed E-state index contributed by atoms with van der Waals surface area (Å²) in [6.45, 7) is 5.10. The van der Waals surface area contributed by atoms with Gasteiger partial charge in [0.1, 0.15) is 0 Å². The van der Waals surface area contributed by atoms with Gasteiger partial charge in [-0.05, 0) is 27.2 Å². The molecule has 0 radical (unpaired) electrons. The predicted octanol–water partition coefficient (Wildman–Crippen LogP) is 0.120. The minimum atomic E-state index is -1.20. The number of carbonyl (C=O) groups is 1. The van der Waals surface area contributed by atoms with E-state index in [4.69, 9.17) is 4.74 Å². The van der Waals surface area contributed by atoms with Gasteiger partial charge in [-0.3, -0.25) is 14.7 Å². The molecule has 1 aliphatic carbocycles. The number of aromatic amines is 2. The summed E-state index contributed by atoms with van der Waals surface area (Å²) in [7, 11) is 0. The van der Waals surface area contributed by atoms with Crippen molar-refractivity contribution in [3.8, 4) is 0 Å². The first-order valence-corrected chi connectivity index (χ1v) is 6.02. The molecule has 0 aliphatic heterocycles. The van der Waals surface area contributed by atoms with Crippen LogP contribution in [-0.2, 0) is 22.4 Å². The van der Waals surface area contributed by atoms with Crippen LogP contribution in [0.25, 0.3) is 0 Å². The van der Waals surface area contributed by atoms with Crippen LogP contribution in [0.2, 0.25) is 0 Å². The average molecular weight is 254 g/mol. The molecular weight excluding hydrogens is 236 g/mol. The van der Waals surface area contributed by atoms with Crippen molar-refractivity contribution >= 4 is 5.97 Å². The third-order valence-electron chi connectivity index (χ3n) is 3.30. The number of aromatic nitrogens is 2. The maximum absolute atomic E-state index is 12.0. The molecule has 1 heterocycles. The summed E-state index contributed by atoms with van der Waals surface area (Å²) in [5.41, 5.74) is -0.238. The number of carbonyl (C=O) groups excluding carboxylic acids is 1. The standard InChI is InChI=1S/C12H18N2O4/c1-6(2)18-11(16)8-4-7-9(5-12(8,3)17)13-14-10(7)15/h6,8,17H,4-5H2,1-3H3,(H2,13,14,15). The molecule has 2 atom stereocenters. The molecule has 6 nitrogen and oxygen atoms in total. The lowest BCUT2D eigenvalue weighted by molar-refractivity contribution is -0.162. The smallest absolute Gasteiger partial charge is 0.312 e. The van der Waals surface area contributed by atoms with E-state index in [0.29, 0.717) is 11.3 Å². The molecule has 0 saturated carbocycles. The molecule has 2 rings (SSSR count). The van der Waals surface area contributed by atoms with Crippen molar-refractivity contribution in [3.63, 3.8) is 0 Å². The Morgan fingerprint density at radius 2 is 2.17 bits per heavy atom. The highest BCUT2D eigenvalue weighted by Crippen LogP contribution is 2.32. The maximum Gasteiger partial charge on any atom is 0.312 e. The van der Waals surface area contributed by atoms with E-state index in [-0.39, 0.29) is 24.5 Å². The highest BCUT2D eigenvalue weighted by molar-refractivity contribution is 5.75. The molecule has 2 unspecified atom stereocenters.